The number of rotatable bonds is 3. The number of aromatic amines is 2. The van der Waals surface area contributed by atoms with E-state index in [0.717, 1.165) is 60.8 Å². The van der Waals surface area contributed by atoms with Crippen LogP contribution in [0.3, 0.4) is 0 Å². The van der Waals surface area contributed by atoms with Crippen molar-refractivity contribution in [3.05, 3.63) is 55.2 Å². The summed E-state index contributed by atoms with van der Waals surface area (Å²) in [5, 5.41) is 8.93. The molecule has 5 aromatic heterocycles. The average molecular weight is 493 g/mol. The van der Waals surface area contributed by atoms with E-state index in [1.165, 1.54) is 11.3 Å². The van der Waals surface area contributed by atoms with E-state index in [4.69, 9.17) is 9.97 Å². The van der Waals surface area contributed by atoms with Crippen LogP contribution in [0.5, 0.6) is 0 Å². The summed E-state index contributed by atoms with van der Waals surface area (Å²) in [6, 6.07) is 8.02. The molecule has 0 aromatic carbocycles. The van der Waals surface area contributed by atoms with Crippen molar-refractivity contribution < 1.29 is 4.79 Å². The van der Waals surface area contributed by atoms with Crippen molar-refractivity contribution >= 4 is 70.8 Å². The van der Waals surface area contributed by atoms with E-state index in [-0.39, 0.29) is 5.91 Å². The Hall–Kier alpha value is -4.44. The average Bonchev–Trinajstić information content (AvgIpc) is 3.64. The SMILES string of the molecule is CCCCC(=O)n1c2cncc(c2)c2cnc3[nH][nH]c(c4nc5cncc(c6ccc1s6)c5n4)-c3c2. The van der Waals surface area contributed by atoms with Crippen LogP contribution in [0.1, 0.15) is 31.0 Å². The molecule has 7 rings (SSSR count). The fourth-order valence-electron chi connectivity index (χ4n) is 4.59. The molecule has 36 heavy (non-hydrogen) atoms. The first-order valence-corrected chi connectivity index (χ1v) is 12.6. The van der Waals surface area contributed by atoms with Gasteiger partial charge in [-0.15, -0.1) is 11.3 Å². The molecule has 9 nitrogen and oxygen atoms in total. The maximum atomic E-state index is 13.5. The maximum Gasteiger partial charge on any atom is 0.232 e. The van der Waals surface area contributed by atoms with Gasteiger partial charge in [0.05, 0.1) is 17.9 Å². The van der Waals surface area contributed by atoms with Crippen LogP contribution in [0.2, 0.25) is 0 Å². The van der Waals surface area contributed by atoms with Gasteiger partial charge in [-0.25, -0.2) is 15.0 Å². The molecule has 0 saturated heterocycles. The lowest BCUT2D eigenvalue weighted by Gasteiger charge is -2.07. The van der Waals surface area contributed by atoms with Crippen molar-refractivity contribution in [2.45, 2.75) is 26.2 Å². The molecule has 2 N–H and O–H groups in total. The smallest absolute Gasteiger partial charge is 0.232 e. The van der Waals surface area contributed by atoms with Crippen molar-refractivity contribution in [3.63, 3.8) is 0 Å². The lowest BCUT2D eigenvalue weighted by atomic mass is 10.1. The first-order valence-electron chi connectivity index (χ1n) is 11.8. The topological polar surface area (TPSA) is 118 Å². The summed E-state index contributed by atoms with van der Waals surface area (Å²) in [6.45, 7) is 2.09. The number of hydrogen-bond acceptors (Lipinski definition) is 7. The van der Waals surface area contributed by atoms with Gasteiger partial charge < -0.3 is 0 Å². The predicted molar refractivity (Wildman–Crippen MR) is 142 cm³/mol. The number of H-pyrrole nitrogens is 2. The third-order valence-corrected chi connectivity index (χ3v) is 7.52. The quantitative estimate of drug-likeness (QED) is 0.312. The molecule has 0 unspecified atom stereocenters. The molecule has 0 aliphatic carbocycles. The van der Waals surface area contributed by atoms with Gasteiger partial charge in [-0.05, 0) is 30.7 Å². The molecule has 5 aromatic rings. The third-order valence-electron chi connectivity index (χ3n) is 6.42. The standard InChI is InChI=1S/C26H20N8OS/c1-2-3-4-21(35)34-16-7-14(9-27-11-16)15-8-17-24(32-33-25(17)29-10-15)26-30-19-13-28-12-18(23(19)31-26)20-5-6-22(34)36-20/h5-13,32H,2-4H2,1H3,(H,29,33). The van der Waals surface area contributed by atoms with Gasteiger partial charge in [0.25, 0.3) is 0 Å². The van der Waals surface area contributed by atoms with Gasteiger partial charge >= 0.3 is 0 Å². The van der Waals surface area contributed by atoms with Crippen molar-refractivity contribution in [1.82, 2.24) is 39.7 Å². The fraction of sp³-hybridized carbons (Fsp3) is 0.154. The Kier molecular flexibility index (Phi) is 4.68. The number of nitrogens with zero attached hydrogens (tertiary/aromatic N) is 6. The Morgan fingerprint density at radius 3 is 2.81 bits per heavy atom. The maximum absolute atomic E-state index is 13.5. The molecule has 176 valence electrons. The van der Waals surface area contributed by atoms with Crippen LogP contribution < -0.4 is 0 Å². The lowest BCUT2D eigenvalue weighted by Crippen LogP contribution is -2.10. The van der Waals surface area contributed by atoms with Crippen LogP contribution >= 0.6 is 11.3 Å². The number of carbonyl (C=O) groups is 1. The fourth-order valence-corrected chi connectivity index (χ4v) is 5.65. The van der Waals surface area contributed by atoms with Gasteiger partial charge in [0.15, 0.2) is 11.3 Å². The number of carbonyl (C=O) groups excluding carboxylic acids is 1. The van der Waals surface area contributed by atoms with Gasteiger partial charge in [-0.2, -0.15) is 0 Å². The monoisotopic (exact) mass is 492 g/mol. The number of unbranched alkanes of at least 4 members (excludes halogenated alkanes) is 1. The van der Waals surface area contributed by atoms with Crippen LogP contribution in [-0.2, 0) is 0 Å². The zero-order valence-electron chi connectivity index (χ0n) is 19.3. The normalized spacial score (nSPS) is 11.9. The zero-order chi connectivity index (χ0) is 24.2. The summed E-state index contributed by atoms with van der Waals surface area (Å²) in [5.74, 6) is 0.0383. The highest BCUT2D eigenvalue weighted by atomic mass is 32.1. The largest absolute Gasteiger partial charge is 0.295 e. The molecular weight excluding hydrogens is 472 g/mol. The Balaban J connectivity index is 1.69. The highest BCUT2D eigenvalue weighted by Crippen LogP contribution is 2.32. The van der Waals surface area contributed by atoms with Crippen LogP contribution in [0, 0.1) is 0 Å². The summed E-state index contributed by atoms with van der Waals surface area (Å²) in [7, 11) is 0. The second-order valence-corrected chi connectivity index (χ2v) is 9.81. The number of aromatic nitrogens is 8. The molecule has 0 radical (unpaired) electrons. The van der Waals surface area contributed by atoms with Crippen LogP contribution in [0.4, 0.5) is 0 Å². The summed E-state index contributed by atoms with van der Waals surface area (Å²) in [6.07, 6.45) is 11.1. The molecular formula is C26H20N8OS. The molecule has 2 aliphatic rings. The Bertz CT molecular complexity index is 1980. The minimum atomic E-state index is 0.0383. The molecule has 2 aliphatic heterocycles. The van der Waals surface area contributed by atoms with E-state index in [2.05, 4.69) is 32.1 Å². The summed E-state index contributed by atoms with van der Waals surface area (Å²) in [4.78, 5) is 37.5. The van der Waals surface area contributed by atoms with Gasteiger partial charge in [0.2, 0.25) is 5.91 Å². The minimum absolute atomic E-state index is 0.0383. The van der Waals surface area contributed by atoms with Crippen molar-refractivity contribution in [2.75, 3.05) is 0 Å². The Morgan fingerprint density at radius 1 is 1.00 bits per heavy atom. The number of imidazole rings is 1. The van der Waals surface area contributed by atoms with E-state index in [1.807, 2.05) is 24.3 Å². The number of fused-ring (bicyclic) bond motifs is 9. The summed E-state index contributed by atoms with van der Waals surface area (Å²) in [5.41, 5.74) is 5.09. The van der Waals surface area contributed by atoms with Gasteiger partial charge in [0, 0.05) is 51.4 Å². The van der Waals surface area contributed by atoms with E-state index in [1.54, 1.807) is 35.6 Å². The zero-order valence-corrected chi connectivity index (χ0v) is 20.1. The number of nitrogens with one attached hydrogen (secondary N) is 2. The second-order valence-electron chi connectivity index (χ2n) is 8.75. The van der Waals surface area contributed by atoms with Gasteiger partial charge in [0.1, 0.15) is 21.6 Å². The summed E-state index contributed by atoms with van der Waals surface area (Å²) < 4.78 is 2.74. The molecule has 8 bridgehead atoms. The van der Waals surface area contributed by atoms with E-state index >= 15 is 0 Å². The number of hydrogen-bond donors (Lipinski definition) is 2. The Labute approximate surface area is 207 Å². The Morgan fingerprint density at radius 2 is 1.89 bits per heavy atom. The van der Waals surface area contributed by atoms with Gasteiger partial charge in [-0.1, -0.05) is 13.3 Å². The third kappa shape index (κ3) is 3.22. The first kappa shape index (κ1) is 20.9. The summed E-state index contributed by atoms with van der Waals surface area (Å²) >= 11 is 1.53. The van der Waals surface area contributed by atoms with Gasteiger partial charge in [-0.3, -0.25) is 29.5 Å². The predicted octanol–water partition coefficient (Wildman–Crippen LogP) is 6.01. The first-order chi connectivity index (χ1) is 17.7. The molecule has 0 saturated carbocycles. The molecule has 0 amide bonds. The molecule has 0 atom stereocenters. The van der Waals surface area contributed by atoms with E-state index in [0.29, 0.717) is 23.2 Å². The minimum Gasteiger partial charge on any atom is -0.295 e. The van der Waals surface area contributed by atoms with Crippen LogP contribution in [0.15, 0.2) is 55.2 Å². The van der Waals surface area contributed by atoms with E-state index in [9.17, 15) is 4.79 Å². The highest BCUT2D eigenvalue weighted by molar-refractivity contribution is 7.24. The van der Waals surface area contributed by atoms with Crippen molar-refractivity contribution in [2.24, 2.45) is 0 Å². The number of thiophene rings is 1. The second kappa shape index (κ2) is 8.06. The van der Waals surface area contributed by atoms with Crippen LogP contribution in [-0.4, -0.2) is 45.6 Å². The van der Waals surface area contributed by atoms with E-state index < -0.39 is 0 Å². The highest BCUT2D eigenvalue weighted by Gasteiger charge is 2.16. The molecule has 0 fully saturated rings. The molecule has 10 heteroatoms. The van der Waals surface area contributed by atoms with Crippen LogP contribution in [0.25, 0.3) is 64.8 Å². The molecule has 0 spiro atoms. The lowest BCUT2D eigenvalue weighted by molar-refractivity contribution is 0.0909. The molecule has 7 heterocycles. The van der Waals surface area contributed by atoms with Crippen molar-refractivity contribution in [3.8, 4) is 11.3 Å². The number of pyridine rings is 3. The van der Waals surface area contributed by atoms with Crippen molar-refractivity contribution in [1.29, 1.82) is 0 Å².